The number of benzene rings is 2. The second-order valence-electron chi connectivity index (χ2n) is 5.73. The number of hydrogen-bond donors (Lipinski definition) is 0. The Morgan fingerprint density at radius 2 is 1.23 bits per heavy atom. The quantitative estimate of drug-likeness (QED) is 0.801. The number of ether oxygens (including phenoxy) is 1. The molecule has 26 heavy (non-hydrogen) atoms. The first-order chi connectivity index (χ1) is 12.1. The molecule has 0 saturated carbocycles. The standard InChI is InChI=1S/C18H20N2O5S/c1-13(21)20(14(2)22)15-5-7-16(8-6-15)25-17-9-11-18(12-10-17)26(23,24)19(3)4/h5-12H,1-4H3. The van der Waals surface area contributed by atoms with Gasteiger partial charge < -0.3 is 4.74 Å². The van der Waals surface area contributed by atoms with Crippen LogP contribution in [0, 0.1) is 0 Å². The van der Waals surface area contributed by atoms with Gasteiger partial charge in [0, 0.05) is 27.9 Å². The summed E-state index contributed by atoms with van der Waals surface area (Å²) in [7, 11) is -0.560. The first kappa shape index (κ1) is 19.6. The SMILES string of the molecule is CC(=O)N(C(C)=O)c1ccc(Oc2ccc(S(=O)(=O)N(C)C)cc2)cc1. The lowest BCUT2D eigenvalue weighted by Crippen LogP contribution is -2.32. The average molecular weight is 376 g/mol. The van der Waals surface area contributed by atoms with Crippen molar-refractivity contribution in [3.63, 3.8) is 0 Å². The zero-order chi connectivity index (χ0) is 19.5. The topological polar surface area (TPSA) is 84.0 Å². The molecule has 2 aromatic rings. The molecule has 0 heterocycles. The van der Waals surface area contributed by atoms with Crippen molar-refractivity contribution in [3.8, 4) is 11.5 Å². The summed E-state index contributed by atoms with van der Waals surface area (Å²) >= 11 is 0. The Hall–Kier alpha value is -2.71. The van der Waals surface area contributed by atoms with E-state index in [0.717, 1.165) is 9.21 Å². The number of nitrogens with zero attached hydrogens (tertiary/aromatic N) is 2. The number of hydrogen-bond acceptors (Lipinski definition) is 5. The van der Waals surface area contributed by atoms with Gasteiger partial charge in [0.1, 0.15) is 11.5 Å². The summed E-state index contributed by atoms with van der Waals surface area (Å²) in [5.41, 5.74) is 0.449. The van der Waals surface area contributed by atoms with Gasteiger partial charge in [-0.3, -0.25) is 14.5 Å². The fourth-order valence-electron chi connectivity index (χ4n) is 2.28. The van der Waals surface area contributed by atoms with E-state index in [0.29, 0.717) is 17.2 Å². The molecule has 0 fully saturated rings. The molecule has 2 aromatic carbocycles. The predicted octanol–water partition coefficient (Wildman–Crippen LogP) is 2.63. The lowest BCUT2D eigenvalue weighted by molar-refractivity contribution is -0.124. The van der Waals surface area contributed by atoms with E-state index in [1.54, 1.807) is 36.4 Å². The molecule has 0 N–H and O–H groups in total. The Morgan fingerprint density at radius 1 is 0.808 bits per heavy atom. The van der Waals surface area contributed by atoms with Crippen molar-refractivity contribution in [1.82, 2.24) is 4.31 Å². The zero-order valence-electron chi connectivity index (χ0n) is 15.0. The number of imide groups is 1. The molecule has 0 aliphatic rings. The Labute approximate surface area is 152 Å². The number of carbonyl (C=O) groups is 2. The minimum Gasteiger partial charge on any atom is -0.457 e. The van der Waals surface area contributed by atoms with Gasteiger partial charge in [0.05, 0.1) is 10.6 Å². The average Bonchev–Trinajstić information content (AvgIpc) is 2.56. The summed E-state index contributed by atoms with van der Waals surface area (Å²) in [5.74, 6) is 0.210. The van der Waals surface area contributed by atoms with Crippen LogP contribution in [0.2, 0.25) is 0 Å². The molecule has 2 rings (SSSR count). The van der Waals surface area contributed by atoms with Crippen molar-refractivity contribution < 1.29 is 22.7 Å². The fraction of sp³-hybridized carbons (Fsp3) is 0.222. The van der Waals surface area contributed by atoms with E-state index in [2.05, 4.69) is 0 Å². The monoisotopic (exact) mass is 376 g/mol. The van der Waals surface area contributed by atoms with Gasteiger partial charge >= 0.3 is 0 Å². The van der Waals surface area contributed by atoms with E-state index >= 15 is 0 Å². The van der Waals surface area contributed by atoms with Crippen LogP contribution in [0.5, 0.6) is 11.5 Å². The molecule has 0 spiro atoms. The number of amides is 2. The van der Waals surface area contributed by atoms with Crippen LogP contribution in [-0.4, -0.2) is 38.6 Å². The van der Waals surface area contributed by atoms with Gasteiger partial charge in [-0.25, -0.2) is 12.7 Å². The van der Waals surface area contributed by atoms with Crippen LogP contribution < -0.4 is 9.64 Å². The molecule has 0 radical (unpaired) electrons. The van der Waals surface area contributed by atoms with Crippen molar-refractivity contribution >= 4 is 27.5 Å². The van der Waals surface area contributed by atoms with Crippen molar-refractivity contribution in [2.24, 2.45) is 0 Å². The van der Waals surface area contributed by atoms with Crippen LogP contribution in [0.4, 0.5) is 5.69 Å². The largest absolute Gasteiger partial charge is 0.457 e. The maximum Gasteiger partial charge on any atom is 0.242 e. The van der Waals surface area contributed by atoms with Gasteiger partial charge in [-0.05, 0) is 48.5 Å². The zero-order valence-corrected chi connectivity index (χ0v) is 15.8. The maximum atomic E-state index is 12.0. The Kier molecular flexibility index (Phi) is 5.79. The molecular weight excluding hydrogens is 356 g/mol. The van der Waals surface area contributed by atoms with E-state index in [1.807, 2.05) is 0 Å². The number of sulfonamides is 1. The highest BCUT2D eigenvalue weighted by Gasteiger charge is 2.17. The number of carbonyl (C=O) groups excluding carboxylic acids is 2. The molecule has 0 aromatic heterocycles. The smallest absolute Gasteiger partial charge is 0.242 e. The third-order valence-corrected chi connectivity index (χ3v) is 5.39. The summed E-state index contributed by atoms with van der Waals surface area (Å²) in [4.78, 5) is 24.3. The van der Waals surface area contributed by atoms with Gasteiger partial charge in [0.15, 0.2) is 0 Å². The molecular formula is C18H20N2O5S. The van der Waals surface area contributed by atoms with Gasteiger partial charge in [0.25, 0.3) is 0 Å². The summed E-state index contributed by atoms with van der Waals surface area (Å²) < 4.78 is 30.9. The predicted molar refractivity (Wildman–Crippen MR) is 97.7 cm³/mol. The van der Waals surface area contributed by atoms with E-state index in [1.165, 1.54) is 40.1 Å². The number of rotatable bonds is 5. The van der Waals surface area contributed by atoms with Crippen LogP contribution in [0.25, 0.3) is 0 Å². The van der Waals surface area contributed by atoms with Crippen LogP contribution in [0.3, 0.4) is 0 Å². The van der Waals surface area contributed by atoms with E-state index < -0.39 is 10.0 Å². The lowest BCUT2D eigenvalue weighted by atomic mass is 10.2. The van der Waals surface area contributed by atoms with Gasteiger partial charge in [-0.15, -0.1) is 0 Å². The molecule has 0 aliphatic heterocycles. The van der Waals surface area contributed by atoms with Crippen molar-refractivity contribution in [2.45, 2.75) is 18.7 Å². The van der Waals surface area contributed by atoms with Crippen LogP contribution in [0.1, 0.15) is 13.8 Å². The van der Waals surface area contributed by atoms with Gasteiger partial charge in [-0.1, -0.05) is 0 Å². The highest BCUT2D eigenvalue weighted by Crippen LogP contribution is 2.26. The van der Waals surface area contributed by atoms with Crippen LogP contribution >= 0.6 is 0 Å². The lowest BCUT2D eigenvalue weighted by Gasteiger charge is -2.17. The molecule has 7 nitrogen and oxygen atoms in total. The minimum atomic E-state index is -3.49. The van der Waals surface area contributed by atoms with Crippen LogP contribution in [0.15, 0.2) is 53.4 Å². The normalized spacial score (nSPS) is 11.3. The number of anilines is 1. The summed E-state index contributed by atoms with van der Waals surface area (Å²) in [5, 5.41) is 0. The van der Waals surface area contributed by atoms with Gasteiger partial charge in [0.2, 0.25) is 21.8 Å². The van der Waals surface area contributed by atoms with E-state index in [-0.39, 0.29) is 16.7 Å². The summed E-state index contributed by atoms with van der Waals surface area (Å²) in [6.07, 6.45) is 0. The third-order valence-electron chi connectivity index (χ3n) is 3.56. The van der Waals surface area contributed by atoms with Crippen molar-refractivity contribution in [1.29, 1.82) is 0 Å². The first-order valence-electron chi connectivity index (χ1n) is 7.74. The highest BCUT2D eigenvalue weighted by molar-refractivity contribution is 7.89. The summed E-state index contributed by atoms with van der Waals surface area (Å²) in [6, 6.07) is 12.5. The molecule has 0 atom stereocenters. The first-order valence-corrected chi connectivity index (χ1v) is 9.18. The Morgan fingerprint density at radius 3 is 1.62 bits per heavy atom. The minimum absolute atomic E-state index is 0.170. The second kappa shape index (κ2) is 7.67. The molecule has 0 saturated heterocycles. The Bertz CT molecular complexity index is 890. The maximum absolute atomic E-state index is 12.0. The third kappa shape index (κ3) is 4.27. The fourth-order valence-corrected chi connectivity index (χ4v) is 3.18. The molecule has 8 heteroatoms. The van der Waals surface area contributed by atoms with Gasteiger partial charge in [-0.2, -0.15) is 0 Å². The second-order valence-corrected chi connectivity index (χ2v) is 7.88. The Balaban J connectivity index is 2.17. The van der Waals surface area contributed by atoms with E-state index in [4.69, 9.17) is 4.74 Å². The van der Waals surface area contributed by atoms with Crippen molar-refractivity contribution in [3.05, 3.63) is 48.5 Å². The molecule has 0 aliphatic carbocycles. The summed E-state index contributed by atoms with van der Waals surface area (Å²) in [6.45, 7) is 2.63. The van der Waals surface area contributed by atoms with Crippen LogP contribution in [-0.2, 0) is 19.6 Å². The molecule has 2 amide bonds. The highest BCUT2D eigenvalue weighted by atomic mass is 32.2. The van der Waals surface area contributed by atoms with E-state index in [9.17, 15) is 18.0 Å². The molecule has 0 bridgehead atoms. The van der Waals surface area contributed by atoms with Crippen molar-refractivity contribution in [2.75, 3.05) is 19.0 Å². The molecule has 0 unspecified atom stereocenters. The molecule has 138 valence electrons.